The molecule has 1 aliphatic heterocycles. The van der Waals surface area contributed by atoms with Crippen LogP contribution in [0.2, 0.25) is 0 Å². The molecule has 0 spiro atoms. The Morgan fingerprint density at radius 3 is 2.55 bits per heavy atom. The van der Waals surface area contributed by atoms with Gasteiger partial charge in [0.25, 0.3) is 0 Å². The molecule has 0 N–H and O–H groups in total. The summed E-state index contributed by atoms with van der Waals surface area (Å²) in [5.41, 5.74) is 0. The average Bonchev–Trinajstić information content (AvgIpc) is 2.55. The molecule has 132 valence electrons. The van der Waals surface area contributed by atoms with E-state index in [1.807, 2.05) is 0 Å². The maximum absolute atomic E-state index is 6.20. The van der Waals surface area contributed by atoms with E-state index in [2.05, 4.69) is 25.7 Å². The SMILES string of the molecule is CCCCCCC(CCC)OCC1CN(CCCC)CCO1. The summed E-state index contributed by atoms with van der Waals surface area (Å²) in [5.74, 6) is 0. The fourth-order valence-corrected chi connectivity index (χ4v) is 3.14. The normalized spacial score (nSPS) is 21.1. The Hall–Kier alpha value is -0.120. The molecule has 2 atom stereocenters. The van der Waals surface area contributed by atoms with Crippen molar-refractivity contribution >= 4 is 0 Å². The summed E-state index contributed by atoms with van der Waals surface area (Å²) in [7, 11) is 0. The van der Waals surface area contributed by atoms with Crippen LogP contribution in [0, 0.1) is 0 Å². The molecular weight excluding hydrogens is 274 g/mol. The largest absolute Gasteiger partial charge is 0.375 e. The van der Waals surface area contributed by atoms with Gasteiger partial charge in [-0.25, -0.2) is 0 Å². The maximum Gasteiger partial charge on any atom is 0.0935 e. The Morgan fingerprint density at radius 2 is 1.82 bits per heavy atom. The standard InChI is InChI=1S/C19H39NO2/c1-4-7-9-10-12-18(11-6-3)22-17-19-16-20(13-8-5-2)14-15-21-19/h18-19H,4-17H2,1-3H3. The number of morpholine rings is 1. The van der Waals surface area contributed by atoms with E-state index in [1.54, 1.807) is 0 Å². The predicted molar refractivity (Wildman–Crippen MR) is 94.5 cm³/mol. The summed E-state index contributed by atoms with van der Waals surface area (Å²) in [4.78, 5) is 2.54. The Kier molecular flexibility index (Phi) is 12.1. The van der Waals surface area contributed by atoms with Gasteiger partial charge in [0.1, 0.15) is 0 Å². The highest BCUT2D eigenvalue weighted by Gasteiger charge is 2.21. The van der Waals surface area contributed by atoms with Crippen LogP contribution in [0.4, 0.5) is 0 Å². The van der Waals surface area contributed by atoms with Crippen LogP contribution >= 0.6 is 0 Å². The highest BCUT2D eigenvalue weighted by atomic mass is 16.5. The molecular formula is C19H39NO2. The Balaban J connectivity index is 2.21. The molecule has 1 aliphatic rings. The highest BCUT2D eigenvalue weighted by Crippen LogP contribution is 2.15. The number of rotatable bonds is 13. The van der Waals surface area contributed by atoms with Gasteiger partial charge >= 0.3 is 0 Å². The van der Waals surface area contributed by atoms with Crippen LogP contribution < -0.4 is 0 Å². The van der Waals surface area contributed by atoms with Gasteiger partial charge in [-0.3, -0.25) is 4.90 Å². The van der Waals surface area contributed by atoms with Gasteiger partial charge in [0.15, 0.2) is 0 Å². The molecule has 0 radical (unpaired) electrons. The van der Waals surface area contributed by atoms with Gasteiger partial charge in [0.2, 0.25) is 0 Å². The minimum Gasteiger partial charge on any atom is -0.375 e. The van der Waals surface area contributed by atoms with E-state index in [9.17, 15) is 0 Å². The minimum atomic E-state index is 0.278. The van der Waals surface area contributed by atoms with E-state index in [1.165, 1.54) is 64.3 Å². The van der Waals surface area contributed by atoms with Gasteiger partial charge < -0.3 is 9.47 Å². The first kappa shape index (κ1) is 19.9. The zero-order valence-corrected chi connectivity index (χ0v) is 15.3. The van der Waals surface area contributed by atoms with E-state index in [0.29, 0.717) is 6.10 Å². The third-order valence-electron chi connectivity index (χ3n) is 4.56. The predicted octanol–water partition coefficient (Wildman–Crippen LogP) is 4.64. The molecule has 0 aromatic carbocycles. The third-order valence-corrected chi connectivity index (χ3v) is 4.56. The van der Waals surface area contributed by atoms with E-state index in [-0.39, 0.29) is 6.10 Å². The van der Waals surface area contributed by atoms with Gasteiger partial charge in [-0.1, -0.05) is 59.3 Å². The maximum atomic E-state index is 6.20. The Morgan fingerprint density at radius 1 is 1.00 bits per heavy atom. The molecule has 0 aromatic rings. The Labute approximate surface area is 138 Å². The fourth-order valence-electron chi connectivity index (χ4n) is 3.14. The van der Waals surface area contributed by atoms with Gasteiger partial charge in [0.05, 0.1) is 25.4 Å². The molecule has 1 heterocycles. The topological polar surface area (TPSA) is 21.7 Å². The van der Waals surface area contributed by atoms with Gasteiger partial charge in [0, 0.05) is 13.1 Å². The molecule has 1 rings (SSSR count). The lowest BCUT2D eigenvalue weighted by Crippen LogP contribution is -2.45. The zero-order chi connectivity index (χ0) is 16.0. The van der Waals surface area contributed by atoms with E-state index in [0.717, 1.165) is 26.3 Å². The second-order valence-electron chi connectivity index (χ2n) is 6.74. The molecule has 0 aromatic heterocycles. The second-order valence-corrected chi connectivity index (χ2v) is 6.74. The van der Waals surface area contributed by atoms with Crippen molar-refractivity contribution in [3.05, 3.63) is 0 Å². The second kappa shape index (κ2) is 13.3. The van der Waals surface area contributed by atoms with E-state index >= 15 is 0 Å². The highest BCUT2D eigenvalue weighted by molar-refractivity contribution is 4.72. The van der Waals surface area contributed by atoms with Crippen LogP contribution in [-0.2, 0) is 9.47 Å². The minimum absolute atomic E-state index is 0.278. The first-order chi connectivity index (χ1) is 10.8. The van der Waals surface area contributed by atoms with Crippen molar-refractivity contribution < 1.29 is 9.47 Å². The Bertz CT molecular complexity index is 244. The summed E-state index contributed by atoms with van der Waals surface area (Å²) in [6.45, 7) is 11.8. The van der Waals surface area contributed by atoms with Crippen LogP contribution in [0.1, 0.15) is 78.6 Å². The molecule has 3 heteroatoms. The van der Waals surface area contributed by atoms with E-state index < -0.39 is 0 Å². The zero-order valence-electron chi connectivity index (χ0n) is 15.3. The fraction of sp³-hybridized carbons (Fsp3) is 1.00. The molecule has 0 aliphatic carbocycles. The monoisotopic (exact) mass is 313 g/mol. The number of unbranched alkanes of at least 4 members (excludes halogenated alkanes) is 4. The van der Waals surface area contributed by atoms with Crippen molar-refractivity contribution in [1.29, 1.82) is 0 Å². The summed E-state index contributed by atoms with van der Waals surface area (Å²) < 4.78 is 12.1. The van der Waals surface area contributed by atoms with Crippen molar-refractivity contribution in [2.45, 2.75) is 90.8 Å². The molecule has 0 bridgehead atoms. The van der Waals surface area contributed by atoms with Crippen LogP contribution in [-0.4, -0.2) is 50.0 Å². The van der Waals surface area contributed by atoms with Crippen LogP contribution in [0.15, 0.2) is 0 Å². The van der Waals surface area contributed by atoms with Gasteiger partial charge in [-0.15, -0.1) is 0 Å². The lowest BCUT2D eigenvalue weighted by molar-refractivity contribution is -0.0877. The summed E-state index contributed by atoms with van der Waals surface area (Å²) in [6.07, 6.45) is 12.2. The summed E-state index contributed by atoms with van der Waals surface area (Å²) in [5, 5.41) is 0. The third kappa shape index (κ3) is 9.12. The van der Waals surface area contributed by atoms with Gasteiger partial charge in [-0.2, -0.15) is 0 Å². The van der Waals surface area contributed by atoms with Crippen molar-refractivity contribution in [3.8, 4) is 0 Å². The molecule has 1 fully saturated rings. The molecule has 2 unspecified atom stereocenters. The van der Waals surface area contributed by atoms with Crippen LogP contribution in [0.3, 0.4) is 0 Å². The average molecular weight is 314 g/mol. The van der Waals surface area contributed by atoms with Crippen LogP contribution in [0.5, 0.6) is 0 Å². The van der Waals surface area contributed by atoms with E-state index in [4.69, 9.17) is 9.47 Å². The molecule has 0 amide bonds. The lowest BCUT2D eigenvalue weighted by atomic mass is 10.1. The van der Waals surface area contributed by atoms with Gasteiger partial charge in [-0.05, 0) is 25.8 Å². The van der Waals surface area contributed by atoms with Crippen molar-refractivity contribution in [2.24, 2.45) is 0 Å². The number of nitrogens with zero attached hydrogens (tertiary/aromatic N) is 1. The smallest absolute Gasteiger partial charge is 0.0935 e. The quantitative estimate of drug-likeness (QED) is 0.462. The first-order valence-electron chi connectivity index (χ1n) is 9.75. The summed E-state index contributed by atoms with van der Waals surface area (Å²) in [6, 6.07) is 0. The molecule has 22 heavy (non-hydrogen) atoms. The molecule has 1 saturated heterocycles. The van der Waals surface area contributed by atoms with Crippen molar-refractivity contribution in [1.82, 2.24) is 4.90 Å². The molecule has 3 nitrogen and oxygen atoms in total. The van der Waals surface area contributed by atoms with Crippen molar-refractivity contribution in [3.63, 3.8) is 0 Å². The number of hydrogen-bond donors (Lipinski definition) is 0. The molecule has 0 saturated carbocycles. The van der Waals surface area contributed by atoms with Crippen molar-refractivity contribution in [2.75, 3.05) is 32.8 Å². The van der Waals surface area contributed by atoms with Crippen LogP contribution in [0.25, 0.3) is 0 Å². The lowest BCUT2D eigenvalue weighted by Gasteiger charge is -2.33. The first-order valence-corrected chi connectivity index (χ1v) is 9.75. The summed E-state index contributed by atoms with van der Waals surface area (Å²) >= 11 is 0. The number of hydrogen-bond acceptors (Lipinski definition) is 3. The number of ether oxygens (including phenoxy) is 2.